The predicted molar refractivity (Wildman–Crippen MR) is 84.0 cm³/mol. The second-order valence-corrected chi connectivity index (χ2v) is 5.69. The van der Waals surface area contributed by atoms with E-state index in [0.717, 1.165) is 5.56 Å². The summed E-state index contributed by atoms with van der Waals surface area (Å²) in [6.07, 6.45) is 0. The van der Waals surface area contributed by atoms with Crippen LogP contribution in [0.1, 0.15) is 43.9 Å². The third-order valence-corrected chi connectivity index (χ3v) is 3.74. The van der Waals surface area contributed by atoms with Gasteiger partial charge in [0.25, 0.3) is 0 Å². The van der Waals surface area contributed by atoms with Gasteiger partial charge in [0, 0.05) is 6.04 Å². The van der Waals surface area contributed by atoms with Gasteiger partial charge in [-0.2, -0.15) is 0 Å². The molecular weight excluding hydrogens is 273 g/mol. The molecule has 0 aliphatic heterocycles. The van der Waals surface area contributed by atoms with E-state index in [2.05, 4.69) is 43.4 Å². The van der Waals surface area contributed by atoms with Crippen LogP contribution in [0.3, 0.4) is 0 Å². The average molecular weight is 292 g/mol. The fraction of sp³-hybridized carbons (Fsp3) is 0.294. The second kappa shape index (κ2) is 6.27. The molecule has 3 heteroatoms. The molecule has 0 aliphatic carbocycles. The van der Waals surface area contributed by atoms with Crippen LogP contribution in [0.25, 0.3) is 0 Å². The molecule has 2 aromatic carbocycles. The van der Waals surface area contributed by atoms with Crippen molar-refractivity contribution in [3.8, 4) is 0 Å². The molecule has 1 nitrogen and oxygen atoms in total. The van der Waals surface area contributed by atoms with Crippen LogP contribution >= 0.6 is 11.6 Å². The summed E-state index contributed by atoms with van der Waals surface area (Å²) < 4.78 is 13.7. The molecule has 1 N–H and O–H groups in total. The quantitative estimate of drug-likeness (QED) is 0.753. The van der Waals surface area contributed by atoms with Gasteiger partial charge in [0.1, 0.15) is 5.82 Å². The first-order valence-electron chi connectivity index (χ1n) is 6.79. The maximum Gasteiger partial charge on any atom is 0.147 e. The van der Waals surface area contributed by atoms with Gasteiger partial charge >= 0.3 is 0 Å². The second-order valence-electron chi connectivity index (χ2n) is 5.28. The molecule has 0 heterocycles. The van der Waals surface area contributed by atoms with E-state index < -0.39 is 0 Å². The van der Waals surface area contributed by atoms with Gasteiger partial charge in [0.05, 0.1) is 10.7 Å². The Labute approximate surface area is 124 Å². The lowest BCUT2D eigenvalue weighted by Crippen LogP contribution is -2.08. The Morgan fingerprint density at radius 3 is 2.10 bits per heavy atom. The fourth-order valence-electron chi connectivity index (χ4n) is 2.11. The van der Waals surface area contributed by atoms with Gasteiger partial charge < -0.3 is 5.32 Å². The summed E-state index contributed by atoms with van der Waals surface area (Å²) >= 11 is 6.03. The van der Waals surface area contributed by atoms with Crippen molar-refractivity contribution >= 4 is 17.3 Å². The van der Waals surface area contributed by atoms with Crippen LogP contribution in [0.15, 0.2) is 42.5 Å². The molecule has 2 rings (SSSR count). The van der Waals surface area contributed by atoms with Crippen molar-refractivity contribution in [2.24, 2.45) is 0 Å². The van der Waals surface area contributed by atoms with Crippen LogP contribution in [0, 0.1) is 5.82 Å². The number of anilines is 1. The van der Waals surface area contributed by atoms with Crippen LogP contribution in [0.2, 0.25) is 5.02 Å². The van der Waals surface area contributed by atoms with Crippen LogP contribution < -0.4 is 5.32 Å². The minimum atomic E-state index is -0.330. The third kappa shape index (κ3) is 3.31. The number of benzene rings is 2. The lowest BCUT2D eigenvalue weighted by atomic mass is 9.99. The van der Waals surface area contributed by atoms with Gasteiger partial charge in [0.2, 0.25) is 0 Å². The zero-order valence-corrected chi connectivity index (χ0v) is 12.7. The highest BCUT2D eigenvalue weighted by molar-refractivity contribution is 6.33. The van der Waals surface area contributed by atoms with E-state index in [1.165, 1.54) is 11.6 Å². The monoisotopic (exact) mass is 291 g/mol. The summed E-state index contributed by atoms with van der Waals surface area (Å²) in [5.74, 6) is 0.177. The van der Waals surface area contributed by atoms with Crippen LogP contribution in [-0.2, 0) is 0 Å². The molecule has 20 heavy (non-hydrogen) atoms. The molecule has 0 radical (unpaired) electrons. The van der Waals surface area contributed by atoms with Gasteiger partial charge in [-0.15, -0.1) is 0 Å². The first-order valence-corrected chi connectivity index (χ1v) is 7.17. The molecule has 0 saturated carbocycles. The van der Waals surface area contributed by atoms with Crippen LogP contribution in [0.4, 0.5) is 10.1 Å². The maximum atomic E-state index is 13.7. The Balaban J connectivity index is 2.17. The standard InChI is InChI=1S/C17H19ClFN/c1-11(2)13-7-9-14(10-8-13)12(3)20-17-15(18)5-4-6-16(17)19/h4-12,20H,1-3H3. The largest absolute Gasteiger partial charge is 0.375 e. The lowest BCUT2D eigenvalue weighted by Gasteiger charge is -2.18. The Bertz CT molecular complexity index is 558. The van der Waals surface area contributed by atoms with Crippen molar-refractivity contribution in [3.05, 3.63) is 64.4 Å². The molecule has 0 bridgehead atoms. The zero-order chi connectivity index (χ0) is 14.7. The molecule has 1 atom stereocenters. The van der Waals surface area contributed by atoms with Crippen LogP contribution in [-0.4, -0.2) is 0 Å². The molecular formula is C17H19ClFN. The lowest BCUT2D eigenvalue weighted by molar-refractivity contribution is 0.627. The Hall–Kier alpha value is -1.54. The van der Waals surface area contributed by atoms with E-state index in [1.807, 2.05) is 6.92 Å². The number of halogens is 2. The van der Waals surface area contributed by atoms with E-state index in [9.17, 15) is 4.39 Å². The third-order valence-electron chi connectivity index (χ3n) is 3.43. The topological polar surface area (TPSA) is 12.0 Å². The highest BCUT2D eigenvalue weighted by Crippen LogP contribution is 2.29. The first kappa shape index (κ1) is 14.9. The molecule has 106 valence electrons. The van der Waals surface area contributed by atoms with Crippen molar-refractivity contribution in [1.29, 1.82) is 0 Å². The minimum absolute atomic E-state index is 0.00869. The molecule has 0 spiro atoms. The van der Waals surface area contributed by atoms with Crippen molar-refractivity contribution in [2.45, 2.75) is 32.7 Å². The molecule has 0 fully saturated rings. The number of nitrogens with one attached hydrogen (secondary N) is 1. The van der Waals surface area contributed by atoms with Crippen molar-refractivity contribution < 1.29 is 4.39 Å². The van der Waals surface area contributed by atoms with E-state index in [1.54, 1.807) is 12.1 Å². The summed E-state index contributed by atoms with van der Waals surface area (Å²) in [5, 5.41) is 3.54. The van der Waals surface area contributed by atoms with E-state index >= 15 is 0 Å². The Morgan fingerprint density at radius 1 is 0.950 bits per heavy atom. The summed E-state index contributed by atoms with van der Waals surface area (Å²) in [5.41, 5.74) is 2.76. The smallest absolute Gasteiger partial charge is 0.147 e. The maximum absolute atomic E-state index is 13.7. The highest BCUT2D eigenvalue weighted by Gasteiger charge is 2.11. The highest BCUT2D eigenvalue weighted by atomic mass is 35.5. The van der Waals surface area contributed by atoms with Crippen molar-refractivity contribution in [1.82, 2.24) is 0 Å². The van der Waals surface area contributed by atoms with E-state index in [4.69, 9.17) is 11.6 Å². The van der Waals surface area contributed by atoms with Gasteiger partial charge in [-0.05, 0) is 36.1 Å². The Morgan fingerprint density at radius 2 is 1.55 bits per heavy atom. The summed E-state index contributed by atoms with van der Waals surface area (Å²) in [7, 11) is 0. The normalized spacial score (nSPS) is 12.5. The van der Waals surface area contributed by atoms with E-state index in [0.29, 0.717) is 16.6 Å². The molecule has 0 saturated heterocycles. The van der Waals surface area contributed by atoms with Gasteiger partial charge in [0.15, 0.2) is 0 Å². The molecule has 1 unspecified atom stereocenters. The van der Waals surface area contributed by atoms with Gasteiger partial charge in [-0.3, -0.25) is 0 Å². The number of rotatable bonds is 4. The molecule has 0 amide bonds. The molecule has 2 aromatic rings. The first-order chi connectivity index (χ1) is 9.49. The molecule has 0 aromatic heterocycles. The predicted octanol–water partition coefficient (Wildman–Crippen LogP) is 5.78. The summed E-state index contributed by atoms with van der Waals surface area (Å²) in [6.45, 7) is 6.32. The fourth-order valence-corrected chi connectivity index (χ4v) is 2.32. The summed E-state index contributed by atoms with van der Waals surface area (Å²) in [6, 6.07) is 13.0. The summed E-state index contributed by atoms with van der Waals surface area (Å²) in [4.78, 5) is 0. The minimum Gasteiger partial charge on any atom is -0.375 e. The molecule has 0 aliphatic rings. The zero-order valence-electron chi connectivity index (χ0n) is 12.0. The average Bonchev–Trinajstić information content (AvgIpc) is 2.43. The van der Waals surface area contributed by atoms with Crippen LogP contribution in [0.5, 0.6) is 0 Å². The van der Waals surface area contributed by atoms with E-state index in [-0.39, 0.29) is 11.9 Å². The Kier molecular flexibility index (Phi) is 4.66. The van der Waals surface area contributed by atoms with Crippen molar-refractivity contribution in [2.75, 3.05) is 5.32 Å². The number of para-hydroxylation sites is 1. The SMILES string of the molecule is CC(C)c1ccc(C(C)Nc2c(F)cccc2Cl)cc1. The van der Waals surface area contributed by atoms with Crippen molar-refractivity contribution in [3.63, 3.8) is 0 Å². The number of hydrogen-bond acceptors (Lipinski definition) is 1. The van der Waals surface area contributed by atoms with Gasteiger partial charge in [-0.1, -0.05) is 55.8 Å². The number of hydrogen-bond donors (Lipinski definition) is 1. The van der Waals surface area contributed by atoms with Gasteiger partial charge in [-0.25, -0.2) is 4.39 Å².